The molecule has 2 aromatic carbocycles. The quantitative estimate of drug-likeness (QED) is 0.743. The molecule has 0 bridgehead atoms. The monoisotopic (exact) mass is 334 g/mol. The van der Waals surface area contributed by atoms with Crippen LogP contribution in [0.15, 0.2) is 65.3 Å². The third-order valence-electron chi connectivity index (χ3n) is 3.78. The molecule has 2 N–H and O–H groups in total. The lowest BCUT2D eigenvalue weighted by Gasteiger charge is -2.10. The Labute approximate surface area is 145 Å². The first-order valence-corrected chi connectivity index (χ1v) is 7.86. The van der Waals surface area contributed by atoms with E-state index in [-0.39, 0.29) is 17.6 Å². The van der Waals surface area contributed by atoms with Crippen LogP contribution in [0.3, 0.4) is 0 Å². The van der Waals surface area contributed by atoms with Gasteiger partial charge in [-0.2, -0.15) is 0 Å². The smallest absolute Gasteiger partial charge is 0.291 e. The first kappa shape index (κ1) is 16.5. The Morgan fingerprint density at radius 3 is 2.28 bits per heavy atom. The second kappa shape index (κ2) is 7.05. The first-order chi connectivity index (χ1) is 12.0. The van der Waals surface area contributed by atoms with Gasteiger partial charge in [0.15, 0.2) is 5.76 Å². The number of furan rings is 1. The molecule has 5 heteroatoms. The van der Waals surface area contributed by atoms with E-state index in [0.717, 1.165) is 16.8 Å². The van der Waals surface area contributed by atoms with Crippen LogP contribution in [0.25, 0.3) is 0 Å². The molecular weight excluding hydrogens is 316 g/mol. The Morgan fingerprint density at radius 2 is 1.64 bits per heavy atom. The topological polar surface area (TPSA) is 71.3 Å². The number of carbonyl (C=O) groups is 2. The summed E-state index contributed by atoms with van der Waals surface area (Å²) in [7, 11) is 0. The molecule has 25 heavy (non-hydrogen) atoms. The molecule has 0 radical (unpaired) electrons. The maximum absolute atomic E-state index is 12.4. The van der Waals surface area contributed by atoms with Crippen LogP contribution in [0.5, 0.6) is 0 Å². The van der Waals surface area contributed by atoms with E-state index in [1.54, 1.807) is 36.4 Å². The van der Waals surface area contributed by atoms with Crippen molar-refractivity contribution in [3.63, 3.8) is 0 Å². The van der Waals surface area contributed by atoms with E-state index in [9.17, 15) is 9.59 Å². The average Bonchev–Trinajstić information content (AvgIpc) is 3.13. The molecule has 2 amide bonds. The predicted octanol–water partition coefficient (Wildman–Crippen LogP) is 4.40. The first-order valence-electron chi connectivity index (χ1n) is 7.86. The molecule has 5 nitrogen and oxygen atoms in total. The van der Waals surface area contributed by atoms with Gasteiger partial charge in [0, 0.05) is 16.9 Å². The molecule has 0 aliphatic carbocycles. The molecule has 0 aliphatic rings. The lowest BCUT2D eigenvalue weighted by atomic mass is 10.1. The molecule has 0 aliphatic heterocycles. The molecule has 0 unspecified atom stereocenters. The fraction of sp³-hybridized carbons (Fsp3) is 0.100. The van der Waals surface area contributed by atoms with Gasteiger partial charge in [0.05, 0.1) is 6.26 Å². The van der Waals surface area contributed by atoms with Gasteiger partial charge in [0.2, 0.25) is 0 Å². The van der Waals surface area contributed by atoms with E-state index in [4.69, 9.17) is 4.42 Å². The Morgan fingerprint density at radius 1 is 0.880 bits per heavy atom. The minimum absolute atomic E-state index is 0.198. The average molecular weight is 334 g/mol. The summed E-state index contributed by atoms with van der Waals surface area (Å²) in [6.45, 7) is 3.96. The highest BCUT2D eigenvalue weighted by Crippen LogP contribution is 2.18. The summed E-state index contributed by atoms with van der Waals surface area (Å²) in [5.74, 6) is -0.301. The standard InChI is InChI=1S/C20H18N2O3/c1-13-5-10-17(14(2)12-13)22-19(23)15-6-8-16(9-7-15)21-20(24)18-4-3-11-25-18/h3-12H,1-2H3,(H,21,24)(H,22,23). The van der Waals surface area contributed by atoms with Gasteiger partial charge in [-0.15, -0.1) is 0 Å². The van der Waals surface area contributed by atoms with Gasteiger partial charge < -0.3 is 15.1 Å². The molecule has 1 heterocycles. The maximum atomic E-state index is 12.4. The van der Waals surface area contributed by atoms with Gasteiger partial charge >= 0.3 is 0 Å². The van der Waals surface area contributed by atoms with Crippen LogP contribution in [0.4, 0.5) is 11.4 Å². The van der Waals surface area contributed by atoms with Gasteiger partial charge in [-0.1, -0.05) is 17.7 Å². The molecular formula is C20H18N2O3. The van der Waals surface area contributed by atoms with Crippen molar-refractivity contribution in [2.45, 2.75) is 13.8 Å². The van der Waals surface area contributed by atoms with Gasteiger partial charge in [0.25, 0.3) is 11.8 Å². The zero-order valence-corrected chi connectivity index (χ0v) is 14.0. The number of nitrogens with one attached hydrogen (secondary N) is 2. The van der Waals surface area contributed by atoms with Gasteiger partial charge in [0.1, 0.15) is 0 Å². The summed E-state index contributed by atoms with van der Waals surface area (Å²) in [6.07, 6.45) is 1.44. The number of carbonyl (C=O) groups excluding carboxylic acids is 2. The van der Waals surface area contributed by atoms with Crippen LogP contribution in [0.1, 0.15) is 32.0 Å². The minimum Gasteiger partial charge on any atom is -0.459 e. The number of hydrogen-bond acceptors (Lipinski definition) is 3. The Bertz CT molecular complexity index is 897. The van der Waals surface area contributed by atoms with E-state index < -0.39 is 0 Å². The zero-order chi connectivity index (χ0) is 17.8. The molecule has 1 aromatic heterocycles. The van der Waals surface area contributed by atoms with E-state index in [2.05, 4.69) is 10.6 Å². The second-order valence-corrected chi connectivity index (χ2v) is 5.78. The van der Waals surface area contributed by atoms with E-state index in [1.807, 2.05) is 32.0 Å². The molecule has 0 spiro atoms. The molecule has 3 rings (SSSR count). The third-order valence-corrected chi connectivity index (χ3v) is 3.78. The summed E-state index contributed by atoms with van der Waals surface area (Å²) in [5, 5.41) is 5.61. The Hall–Kier alpha value is -3.34. The largest absolute Gasteiger partial charge is 0.459 e. The van der Waals surface area contributed by atoms with Crippen LogP contribution in [0, 0.1) is 13.8 Å². The number of amides is 2. The van der Waals surface area contributed by atoms with Crippen molar-refractivity contribution in [1.82, 2.24) is 0 Å². The van der Waals surface area contributed by atoms with E-state index in [0.29, 0.717) is 11.3 Å². The molecule has 0 atom stereocenters. The number of hydrogen-bond donors (Lipinski definition) is 2. The summed E-state index contributed by atoms with van der Waals surface area (Å²) in [4.78, 5) is 24.3. The highest BCUT2D eigenvalue weighted by Gasteiger charge is 2.11. The Kier molecular flexibility index (Phi) is 4.66. The van der Waals surface area contributed by atoms with Crippen molar-refractivity contribution in [2.24, 2.45) is 0 Å². The number of anilines is 2. The van der Waals surface area contributed by atoms with Crippen LogP contribution in [-0.4, -0.2) is 11.8 Å². The number of aryl methyl sites for hydroxylation is 2. The SMILES string of the molecule is Cc1ccc(NC(=O)c2ccc(NC(=O)c3ccco3)cc2)c(C)c1. The van der Waals surface area contributed by atoms with Gasteiger partial charge in [-0.05, 0) is 61.9 Å². The third kappa shape index (κ3) is 3.95. The van der Waals surface area contributed by atoms with Crippen molar-refractivity contribution < 1.29 is 14.0 Å². The lowest BCUT2D eigenvalue weighted by Crippen LogP contribution is -2.14. The van der Waals surface area contributed by atoms with E-state index >= 15 is 0 Å². The maximum Gasteiger partial charge on any atom is 0.291 e. The lowest BCUT2D eigenvalue weighted by molar-refractivity contribution is 0.0995. The van der Waals surface area contributed by atoms with Crippen molar-refractivity contribution in [3.05, 3.63) is 83.3 Å². The minimum atomic E-state index is -0.336. The molecule has 0 saturated heterocycles. The van der Waals surface area contributed by atoms with Crippen molar-refractivity contribution in [2.75, 3.05) is 10.6 Å². The van der Waals surface area contributed by atoms with Crippen molar-refractivity contribution in [1.29, 1.82) is 0 Å². The highest BCUT2D eigenvalue weighted by molar-refractivity contribution is 6.05. The molecule has 126 valence electrons. The molecule has 3 aromatic rings. The summed E-state index contributed by atoms with van der Waals surface area (Å²) in [6, 6.07) is 15.8. The van der Waals surface area contributed by atoms with Crippen LogP contribution in [-0.2, 0) is 0 Å². The van der Waals surface area contributed by atoms with Crippen LogP contribution < -0.4 is 10.6 Å². The second-order valence-electron chi connectivity index (χ2n) is 5.78. The normalized spacial score (nSPS) is 10.3. The summed E-state index contributed by atoms with van der Waals surface area (Å²) >= 11 is 0. The molecule has 0 fully saturated rings. The number of benzene rings is 2. The number of rotatable bonds is 4. The van der Waals surface area contributed by atoms with E-state index in [1.165, 1.54) is 6.26 Å². The fourth-order valence-electron chi connectivity index (χ4n) is 2.45. The van der Waals surface area contributed by atoms with Gasteiger partial charge in [-0.25, -0.2) is 0 Å². The van der Waals surface area contributed by atoms with Crippen molar-refractivity contribution in [3.8, 4) is 0 Å². The zero-order valence-electron chi connectivity index (χ0n) is 14.0. The highest BCUT2D eigenvalue weighted by atomic mass is 16.3. The van der Waals surface area contributed by atoms with Crippen LogP contribution >= 0.6 is 0 Å². The fourth-order valence-corrected chi connectivity index (χ4v) is 2.45. The Balaban J connectivity index is 1.67. The van der Waals surface area contributed by atoms with Crippen LogP contribution in [0.2, 0.25) is 0 Å². The summed E-state index contributed by atoms with van der Waals surface area (Å²) < 4.78 is 5.04. The summed E-state index contributed by atoms with van der Waals surface area (Å²) in [5.41, 5.74) is 4.04. The van der Waals surface area contributed by atoms with Gasteiger partial charge in [-0.3, -0.25) is 9.59 Å². The van der Waals surface area contributed by atoms with Crippen molar-refractivity contribution >= 4 is 23.2 Å². The predicted molar refractivity (Wildman–Crippen MR) is 97.0 cm³/mol. The molecule has 0 saturated carbocycles.